The molecule has 0 aliphatic carbocycles. The summed E-state index contributed by atoms with van der Waals surface area (Å²) in [5, 5.41) is 10.2. The van der Waals surface area contributed by atoms with Crippen molar-refractivity contribution in [3.05, 3.63) is 45.9 Å². The van der Waals surface area contributed by atoms with Crippen molar-refractivity contribution in [1.29, 1.82) is 0 Å². The lowest BCUT2D eigenvalue weighted by atomic mass is 10.1. The van der Waals surface area contributed by atoms with Crippen molar-refractivity contribution in [2.24, 2.45) is 0 Å². The minimum absolute atomic E-state index is 0.133. The molecular formula is C12H7F3O2S. The molecule has 2 rings (SSSR count). The molecular weight excluding hydrogens is 265 g/mol. The number of benzene rings is 1. The normalized spacial score (nSPS) is 10.9. The third-order valence-corrected chi connectivity index (χ3v) is 3.25. The Morgan fingerprint density at radius 2 is 1.89 bits per heavy atom. The molecule has 0 spiro atoms. The molecule has 0 unspecified atom stereocenters. The first-order chi connectivity index (χ1) is 8.47. The fraction of sp³-hybridized carbons (Fsp3) is 0.0833. The van der Waals surface area contributed by atoms with Crippen LogP contribution in [-0.2, 0) is 0 Å². The molecule has 18 heavy (non-hydrogen) atoms. The number of carboxylic acids is 1. The van der Waals surface area contributed by atoms with Crippen LogP contribution < -0.4 is 0 Å². The van der Waals surface area contributed by atoms with Crippen LogP contribution in [0, 0.1) is 5.82 Å². The van der Waals surface area contributed by atoms with Crippen molar-refractivity contribution in [3.8, 4) is 11.1 Å². The van der Waals surface area contributed by atoms with Crippen molar-refractivity contribution in [2.45, 2.75) is 6.43 Å². The number of carbonyl (C=O) groups is 1. The third kappa shape index (κ3) is 2.53. The van der Waals surface area contributed by atoms with Gasteiger partial charge in [0, 0.05) is 0 Å². The van der Waals surface area contributed by atoms with Gasteiger partial charge >= 0.3 is 5.97 Å². The van der Waals surface area contributed by atoms with E-state index in [0.717, 1.165) is 23.5 Å². The molecule has 0 fully saturated rings. The molecule has 1 aromatic heterocycles. The number of alkyl halides is 2. The number of hydrogen-bond donors (Lipinski definition) is 1. The molecule has 0 atom stereocenters. The summed E-state index contributed by atoms with van der Waals surface area (Å²) < 4.78 is 38.1. The van der Waals surface area contributed by atoms with Gasteiger partial charge in [-0.3, -0.25) is 0 Å². The van der Waals surface area contributed by atoms with E-state index in [4.69, 9.17) is 5.11 Å². The SMILES string of the molecule is O=C(O)c1cc(F)cc(-c2csc(C(F)F)c2)c1. The van der Waals surface area contributed by atoms with Crippen LogP contribution in [-0.4, -0.2) is 11.1 Å². The van der Waals surface area contributed by atoms with Crippen molar-refractivity contribution < 1.29 is 23.1 Å². The molecule has 1 aromatic carbocycles. The second kappa shape index (κ2) is 4.81. The van der Waals surface area contributed by atoms with Crippen LogP contribution in [0.15, 0.2) is 29.6 Å². The summed E-state index contributed by atoms with van der Waals surface area (Å²) in [5.41, 5.74) is 0.447. The highest BCUT2D eigenvalue weighted by Gasteiger charge is 2.13. The van der Waals surface area contributed by atoms with Crippen LogP contribution in [0.5, 0.6) is 0 Å². The quantitative estimate of drug-likeness (QED) is 0.909. The topological polar surface area (TPSA) is 37.3 Å². The number of aromatic carboxylic acids is 1. The number of thiophene rings is 1. The van der Waals surface area contributed by atoms with Gasteiger partial charge in [0.2, 0.25) is 0 Å². The molecule has 1 heterocycles. The summed E-state index contributed by atoms with van der Waals surface area (Å²) in [7, 11) is 0. The van der Waals surface area contributed by atoms with E-state index in [2.05, 4.69) is 0 Å². The maximum absolute atomic E-state index is 13.2. The third-order valence-electron chi connectivity index (χ3n) is 2.31. The molecule has 0 saturated heterocycles. The first kappa shape index (κ1) is 12.6. The van der Waals surface area contributed by atoms with E-state index in [1.54, 1.807) is 0 Å². The first-order valence-electron chi connectivity index (χ1n) is 4.88. The van der Waals surface area contributed by atoms with Crippen LogP contribution in [0.1, 0.15) is 21.7 Å². The fourth-order valence-electron chi connectivity index (χ4n) is 1.50. The van der Waals surface area contributed by atoms with Gasteiger partial charge in [-0.1, -0.05) is 0 Å². The molecule has 6 heteroatoms. The minimum atomic E-state index is -2.59. The Kier molecular flexibility index (Phi) is 3.38. The van der Waals surface area contributed by atoms with Gasteiger partial charge in [0.25, 0.3) is 6.43 Å². The van der Waals surface area contributed by atoms with E-state index in [0.29, 0.717) is 5.56 Å². The van der Waals surface area contributed by atoms with E-state index < -0.39 is 18.2 Å². The minimum Gasteiger partial charge on any atom is -0.478 e. The lowest BCUT2D eigenvalue weighted by Gasteiger charge is -2.01. The second-order valence-corrected chi connectivity index (χ2v) is 4.51. The predicted molar refractivity (Wildman–Crippen MR) is 61.6 cm³/mol. The van der Waals surface area contributed by atoms with E-state index in [9.17, 15) is 18.0 Å². The standard InChI is InChI=1S/C12H7F3O2S/c13-9-2-6(1-7(3-9)12(16)17)8-4-10(11(14)15)18-5-8/h1-5,11H,(H,16,17). The average Bonchev–Trinajstić information content (AvgIpc) is 2.77. The summed E-state index contributed by atoms with van der Waals surface area (Å²) in [6, 6.07) is 4.48. The van der Waals surface area contributed by atoms with Crippen LogP contribution in [0.2, 0.25) is 0 Å². The van der Waals surface area contributed by atoms with E-state index in [1.807, 2.05) is 0 Å². The van der Waals surface area contributed by atoms with E-state index in [-0.39, 0.29) is 16.0 Å². The molecule has 94 valence electrons. The van der Waals surface area contributed by atoms with Gasteiger partial charge in [0.1, 0.15) is 5.82 Å². The molecule has 1 N–H and O–H groups in total. The molecule has 2 nitrogen and oxygen atoms in total. The number of hydrogen-bond acceptors (Lipinski definition) is 2. The zero-order chi connectivity index (χ0) is 13.3. The van der Waals surface area contributed by atoms with Crippen molar-refractivity contribution in [1.82, 2.24) is 0 Å². The van der Waals surface area contributed by atoms with Crippen LogP contribution in [0.3, 0.4) is 0 Å². The Hall–Kier alpha value is -1.82. The highest BCUT2D eigenvalue weighted by Crippen LogP contribution is 2.32. The molecule has 0 aliphatic rings. The fourth-order valence-corrected chi connectivity index (χ4v) is 2.26. The number of rotatable bonds is 3. The maximum atomic E-state index is 13.2. The van der Waals surface area contributed by atoms with E-state index >= 15 is 0 Å². The summed E-state index contributed by atoms with van der Waals surface area (Å²) in [4.78, 5) is 10.6. The Bertz CT molecular complexity index is 593. The highest BCUT2D eigenvalue weighted by atomic mass is 32.1. The molecule has 2 aromatic rings. The van der Waals surface area contributed by atoms with Crippen LogP contribution >= 0.6 is 11.3 Å². The van der Waals surface area contributed by atoms with Gasteiger partial charge in [-0.2, -0.15) is 0 Å². The molecule has 0 saturated carbocycles. The van der Waals surface area contributed by atoms with Crippen molar-refractivity contribution in [3.63, 3.8) is 0 Å². The first-order valence-corrected chi connectivity index (χ1v) is 5.76. The average molecular weight is 272 g/mol. The van der Waals surface area contributed by atoms with Crippen molar-refractivity contribution in [2.75, 3.05) is 0 Å². The smallest absolute Gasteiger partial charge is 0.335 e. The van der Waals surface area contributed by atoms with Crippen molar-refractivity contribution >= 4 is 17.3 Å². The summed E-state index contributed by atoms with van der Waals surface area (Å²) in [6.07, 6.45) is -2.59. The maximum Gasteiger partial charge on any atom is 0.335 e. The zero-order valence-electron chi connectivity index (χ0n) is 8.86. The molecule has 0 radical (unpaired) electrons. The largest absolute Gasteiger partial charge is 0.478 e. The Morgan fingerprint density at radius 1 is 1.17 bits per heavy atom. The second-order valence-electron chi connectivity index (χ2n) is 3.57. The summed E-state index contributed by atoms with van der Waals surface area (Å²) in [5.74, 6) is -1.98. The van der Waals surface area contributed by atoms with Gasteiger partial charge < -0.3 is 5.11 Å². The Balaban J connectivity index is 2.46. The summed E-state index contributed by atoms with van der Waals surface area (Å²) in [6.45, 7) is 0. The van der Waals surface area contributed by atoms with Gasteiger partial charge in [-0.15, -0.1) is 11.3 Å². The van der Waals surface area contributed by atoms with E-state index in [1.165, 1.54) is 17.5 Å². The lowest BCUT2D eigenvalue weighted by molar-refractivity contribution is 0.0696. The van der Waals surface area contributed by atoms with Gasteiger partial charge in [0.05, 0.1) is 10.4 Å². The predicted octanol–water partition coefficient (Wildman–Crippen LogP) is 4.19. The van der Waals surface area contributed by atoms with Gasteiger partial charge in [-0.05, 0) is 40.8 Å². The van der Waals surface area contributed by atoms with Crippen LogP contribution in [0.25, 0.3) is 11.1 Å². The molecule has 0 aliphatic heterocycles. The number of halogens is 3. The van der Waals surface area contributed by atoms with Gasteiger partial charge in [0.15, 0.2) is 0 Å². The Labute approximate surface area is 104 Å². The Morgan fingerprint density at radius 3 is 2.44 bits per heavy atom. The lowest BCUT2D eigenvalue weighted by Crippen LogP contribution is -1.97. The molecule has 0 bridgehead atoms. The van der Waals surface area contributed by atoms with Crippen LogP contribution in [0.4, 0.5) is 13.2 Å². The highest BCUT2D eigenvalue weighted by molar-refractivity contribution is 7.10. The number of carboxylic acid groups (broad SMARTS) is 1. The summed E-state index contributed by atoms with van der Waals surface area (Å²) >= 11 is 0.853. The van der Waals surface area contributed by atoms with Gasteiger partial charge in [-0.25, -0.2) is 18.0 Å². The molecule has 0 amide bonds. The monoisotopic (exact) mass is 272 g/mol. The zero-order valence-corrected chi connectivity index (χ0v) is 9.68.